The molecule has 0 radical (unpaired) electrons. The molecule has 0 spiro atoms. The molecule has 2 unspecified atom stereocenters. The predicted octanol–water partition coefficient (Wildman–Crippen LogP) is 2.89. The number of sulfonamides is 1. The van der Waals surface area contributed by atoms with E-state index >= 15 is 0 Å². The lowest BCUT2D eigenvalue weighted by atomic mass is 10.2. The zero-order chi connectivity index (χ0) is 15.8. The number of hydrogen-bond acceptors (Lipinski definition) is 3. The van der Waals surface area contributed by atoms with E-state index in [4.69, 9.17) is 17.3 Å². The smallest absolute Gasteiger partial charge is 0.246 e. The monoisotopic (exact) mass is 334 g/mol. The Labute approximate surface area is 130 Å². The van der Waals surface area contributed by atoms with Crippen molar-refractivity contribution in [1.29, 1.82) is 0 Å². The number of benzene rings is 1. The zero-order valence-electron chi connectivity index (χ0n) is 12.1. The summed E-state index contributed by atoms with van der Waals surface area (Å²) in [4.78, 5) is -0.373. The fourth-order valence-corrected chi connectivity index (χ4v) is 5.33. The maximum atomic E-state index is 14.4. The molecule has 1 aliphatic heterocycles. The third-order valence-electron chi connectivity index (χ3n) is 4.04. The Hall–Kier alpha value is -0.690. The van der Waals surface area contributed by atoms with Crippen LogP contribution in [0, 0.1) is 5.82 Å². The summed E-state index contributed by atoms with van der Waals surface area (Å²) in [5, 5.41) is 0.176. The maximum absolute atomic E-state index is 14.4. The summed E-state index contributed by atoms with van der Waals surface area (Å²) in [6.07, 6.45) is 2.28. The standard InChI is InChI=1S/C14H20ClFN2O2S/c1-3-12-5-4-9(2)18(12)21(19,20)13-7-11(15)6-10(8-17)14(13)16/h6-7,9,12H,3-5,8,17H2,1-2H3. The van der Waals surface area contributed by atoms with Crippen LogP contribution in [0.2, 0.25) is 5.02 Å². The lowest BCUT2D eigenvalue weighted by Crippen LogP contribution is -2.40. The summed E-state index contributed by atoms with van der Waals surface area (Å²) in [6, 6.07) is 2.30. The SMILES string of the molecule is CCC1CCC(C)N1S(=O)(=O)c1cc(Cl)cc(CN)c1F. The van der Waals surface area contributed by atoms with Crippen molar-refractivity contribution in [3.63, 3.8) is 0 Å². The average Bonchev–Trinajstić information content (AvgIpc) is 2.82. The molecule has 1 fully saturated rings. The summed E-state index contributed by atoms with van der Waals surface area (Å²) < 4.78 is 41.5. The zero-order valence-corrected chi connectivity index (χ0v) is 13.7. The van der Waals surface area contributed by atoms with Crippen LogP contribution in [0.4, 0.5) is 4.39 Å². The molecule has 1 saturated heterocycles. The number of rotatable bonds is 4. The van der Waals surface area contributed by atoms with Crippen LogP contribution >= 0.6 is 11.6 Å². The van der Waals surface area contributed by atoms with Crippen molar-refractivity contribution in [2.75, 3.05) is 0 Å². The third-order valence-corrected chi connectivity index (χ3v) is 6.32. The quantitative estimate of drug-likeness (QED) is 0.920. The van der Waals surface area contributed by atoms with Gasteiger partial charge in [0.1, 0.15) is 10.7 Å². The minimum Gasteiger partial charge on any atom is -0.326 e. The summed E-state index contributed by atoms with van der Waals surface area (Å²) in [5.74, 6) is -0.796. The fraction of sp³-hybridized carbons (Fsp3) is 0.571. The highest BCUT2D eigenvalue weighted by molar-refractivity contribution is 7.89. The van der Waals surface area contributed by atoms with Crippen molar-refractivity contribution < 1.29 is 12.8 Å². The van der Waals surface area contributed by atoms with E-state index in [1.165, 1.54) is 16.4 Å². The Balaban J connectivity index is 2.56. The molecule has 2 rings (SSSR count). The number of halogens is 2. The van der Waals surface area contributed by atoms with Crippen molar-refractivity contribution >= 4 is 21.6 Å². The molecule has 21 heavy (non-hydrogen) atoms. The van der Waals surface area contributed by atoms with Crippen LogP contribution in [0.15, 0.2) is 17.0 Å². The molecule has 0 amide bonds. The first-order valence-corrected chi connectivity index (χ1v) is 8.86. The van der Waals surface area contributed by atoms with Gasteiger partial charge >= 0.3 is 0 Å². The van der Waals surface area contributed by atoms with E-state index in [2.05, 4.69) is 0 Å². The molecule has 1 heterocycles. The molecule has 0 aliphatic carbocycles. The van der Waals surface area contributed by atoms with Crippen LogP contribution in [0.5, 0.6) is 0 Å². The van der Waals surface area contributed by atoms with Crippen LogP contribution in [0.3, 0.4) is 0 Å². The maximum Gasteiger partial charge on any atom is 0.246 e. The highest BCUT2D eigenvalue weighted by Crippen LogP contribution is 2.34. The van der Waals surface area contributed by atoms with E-state index in [-0.39, 0.29) is 34.1 Å². The van der Waals surface area contributed by atoms with Gasteiger partial charge in [-0.05, 0) is 38.3 Å². The van der Waals surface area contributed by atoms with Gasteiger partial charge in [-0.2, -0.15) is 4.31 Å². The summed E-state index contributed by atoms with van der Waals surface area (Å²) in [7, 11) is -3.92. The molecule has 0 aromatic heterocycles. The van der Waals surface area contributed by atoms with E-state index in [0.717, 1.165) is 12.8 Å². The third kappa shape index (κ3) is 2.95. The van der Waals surface area contributed by atoms with Gasteiger partial charge in [-0.1, -0.05) is 18.5 Å². The second kappa shape index (κ2) is 6.20. The van der Waals surface area contributed by atoms with Crippen LogP contribution in [0.25, 0.3) is 0 Å². The highest BCUT2D eigenvalue weighted by atomic mass is 35.5. The Morgan fingerprint density at radius 3 is 2.67 bits per heavy atom. The highest BCUT2D eigenvalue weighted by Gasteiger charge is 2.40. The topological polar surface area (TPSA) is 63.4 Å². The number of hydrogen-bond donors (Lipinski definition) is 1. The van der Waals surface area contributed by atoms with Gasteiger partial charge in [-0.15, -0.1) is 0 Å². The van der Waals surface area contributed by atoms with Crippen LogP contribution in [-0.2, 0) is 16.6 Å². The molecular weight excluding hydrogens is 315 g/mol. The average molecular weight is 335 g/mol. The number of nitrogens with zero attached hydrogens (tertiary/aromatic N) is 1. The molecule has 0 bridgehead atoms. The molecular formula is C14H20ClFN2O2S. The van der Waals surface area contributed by atoms with Crippen molar-refractivity contribution in [2.24, 2.45) is 5.73 Å². The van der Waals surface area contributed by atoms with Gasteiger partial charge in [0.15, 0.2) is 0 Å². The molecule has 4 nitrogen and oxygen atoms in total. The predicted molar refractivity (Wildman–Crippen MR) is 81.1 cm³/mol. The van der Waals surface area contributed by atoms with E-state index in [1.807, 2.05) is 13.8 Å². The van der Waals surface area contributed by atoms with E-state index < -0.39 is 15.8 Å². The number of nitrogens with two attached hydrogens (primary N) is 1. The lowest BCUT2D eigenvalue weighted by molar-refractivity contribution is 0.327. The molecule has 2 N–H and O–H groups in total. The minimum atomic E-state index is -3.92. The molecule has 0 saturated carbocycles. The van der Waals surface area contributed by atoms with Crippen LogP contribution in [-0.4, -0.2) is 24.8 Å². The molecule has 2 atom stereocenters. The van der Waals surface area contributed by atoms with Crippen molar-refractivity contribution in [3.8, 4) is 0 Å². The minimum absolute atomic E-state index is 0.0929. The summed E-state index contributed by atoms with van der Waals surface area (Å²) >= 11 is 5.91. The van der Waals surface area contributed by atoms with Gasteiger partial charge in [-0.25, -0.2) is 12.8 Å². The second-order valence-corrected chi connectivity index (χ2v) is 7.65. The Morgan fingerprint density at radius 2 is 2.10 bits per heavy atom. The summed E-state index contributed by atoms with van der Waals surface area (Å²) in [6.45, 7) is 3.69. The second-order valence-electron chi connectivity index (χ2n) is 5.40. The van der Waals surface area contributed by atoms with Gasteiger partial charge in [-0.3, -0.25) is 0 Å². The van der Waals surface area contributed by atoms with Crippen LogP contribution in [0.1, 0.15) is 38.7 Å². The van der Waals surface area contributed by atoms with Gasteiger partial charge < -0.3 is 5.73 Å². The van der Waals surface area contributed by atoms with Crippen LogP contribution < -0.4 is 5.73 Å². The first-order chi connectivity index (χ1) is 9.82. The first kappa shape index (κ1) is 16.7. The summed E-state index contributed by atoms with van der Waals surface area (Å²) in [5.41, 5.74) is 5.57. The van der Waals surface area contributed by atoms with E-state index in [1.54, 1.807) is 0 Å². The molecule has 1 aromatic carbocycles. The Bertz CT molecular complexity index is 636. The largest absolute Gasteiger partial charge is 0.326 e. The van der Waals surface area contributed by atoms with Crippen molar-refractivity contribution in [2.45, 2.75) is 56.6 Å². The Kier molecular flexibility index (Phi) is 4.92. The van der Waals surface area contributed by atoms with Crippen molar-refractivity contribution in [3.05, 3.63) is 28.5 Å². The lowest BCUT2D eigenvalue weighted by Gasteiger charge is -2.27. The van der Waals surface area contributed by atoms with Gasteiger partial charge in [0.05, 0.1) is 0 Å². The van der Waals surface area contributed by atoms with Gasteiger partial charge in [0, 0.05) is 29.2 Å². The molecule has 118 valence electrons. The Morgan fingerprint density at radius 1 is 1.43 bits per heavy atom. The van der Waals surface area contributed by atoms with Crippen molar-refractivity contribution in [1.82, 2.24) is 4.31 Å². The normalized spacial score (nSPS) is 23.7. The van der Waals surface area contributed by atoms with Gasteiger partial charge in [0.2, 0.25) is 10.0 Å². The molecule has 1 aliphatic rings. The first-order valence-electron chi connectivity index (χ1n) is 7.04. The van der Waals surface area contributed by atoms with E-state index in [9.17, 15) is 12.8 Å². The fourth-order valence-electron chi connectivity index (χ4n) is 2.93. The molecule has 1 aromatic rings. The van der Waals surface area contributed by atoms with Gasteiger partial charge in [0.25, 0.3) is 0 Å². The molecule has 7 heteroatoms. The van der Waals surface area contributed by atoms with E-state index in [0.29, 0.717) is 6.42 Å².